The molecule has 3 rings (SSSR count). The normalized spacial score (nSPS) is 16.0. The predicted molar refractivity (Wildman–Crippen MR) is 75.9 cm³/mol. The van der Waals surface area contributed by atoms with Crippen LogP contribution in [0.2, 0.25) is 0 Å². The Balaban J connectivity index is 1.62. The second kappa shape index (κ2) is 5.45. The average molecular weight is 283 g/mol. The Kier molecular flexibility index (Phi) is 3.49. The van der Waals surface area contributed by atoms with Crippen molar-refractivity contribution in [2.24, 2.45) is 0 Å². The second-order valence-electron chi connectivity index (χ2n) is 5.12. The van der Waals surface area contributed by atoms with Crippen LogP contribution in [0.4, 0.5) is 4.39 Å². The Labute approximate surface area is 122 Å². The third-order valence-corrected chi connectivity index (χ3v) is 3.45. The number of nitriles is 1. The van der Waals surface area contributed by atoms with E-state index in [-0.39, 0.29) is 11.7 Å². The number of hydrogen-bond donors (Lipinski definition) is 0. The van der Waals surface area contributed by atoms with E-state index in [9.17, 15) is 4.39 Å². The first-order valence-electron chi connectivity index (χ1n) is 6.74. The fourth-order valence-corrected chi connectivity index (χ4v) is 2.41. The van der Waals surface area contributed by atoms with E-state index in [0.717, 1.165) is 12.2 Å². The van der Waals surface area contributed by atoms with Crippen LogP contribution in [0.25, 0.3) is 0 Å². The molecule has 4 heteroatoms. The molecular formula is C17H14FNO2. The predicted octanol–water partition coefficient (Wildman–Crippen LogP) is 3.39. The molecule has 2 aromatic carbocycles. The van der Waals surface area contributed by atoms with Gasteiger partial charge in [-0.3, -0.25) is 0 Å². The molecule has 1 aliphatic rings. The number of hydrogen-bond acceptors (Lipinski definition) is 3. The number of nitrogens with zero attached hydrogens (tertiary/aromatic N) is 1. The van der Waals surface area contributed by atoms with Crippen molar-refractivity contribution in [1.29, 1.82) is 5.26 Å². The molecule has 0 amide bonds. The third-order valence-electron chi connectivity index (χ3n) is 3.45. The fourth-order valence-electron chi connectivity index (χ4n) is 2.41. The highest BCUT2D eigenvalue weighted by molar-refractivity contribution is 5.40. The molecule has 0 N–H and O–H groups in total. The topological polar surface area (TPSA) is 42.2 Å². The van der Waals surface area contributed by atoms with Crippen molar-refractivity contribution in [3.8, 4) is 17.6 Å². The van der Waals surface area contributed by atoms with Gasteiger partial charge in [0.2, 0.25) is 0 Å². The maximum absolute atomic E-state index is 13.5. The van der Waals surface area contributed by atoms with Crippen LogP contribution in [-0.2, 0) is 6.42 Å². The molecule has 0 radical (unpaired) electrons. The number of ether oxygens (including phenoxy) is 2. The lowest BCUT2D eigenvalue weighted by molar-refractivity contribution is 0.148. The highest BCUT2D eigenvalue weighted by atomic mass is 19.1. The van der Waals surface area contributed by atoms with Gasteiger partial charge in [-0.15, -0.1) is 0 Å². The Hall–Kier alpha value is -2.54. The van der Waals surface area contributed by atoms with E-state index >= 15 is 0 Å². The summed E-state index contributed by atoms with van der Waals surface area (Å²) in [5.74, 6) is 0.726. The minimum atomic E-state index is -0.568. The van der Waals surface area contributed by atoms with Crippen molar-refractivity contribution < 1.29 is 13.9 Å². The summed E-state index contributed by atoms with van der Waals surface area (Å²) < 4.78 is 24.8. The average Bonchev–Trinajstić information content (AvgIpc) is 2.87. The molecule has 3 nitrogen and oxygen atoms in total. The summed E-state index contributed by atoms with van der Waals surface area (Å²) in [7, 11) is 0. The van der Waals surface area contributed by atoms with E-state index in [0.29, 0.717) is 12.4 Å². The summed E-state index contributed by atoms with van der Waals surface area (Å²) in [4.78, 5) is 0. The van der Waals surface area contributed by atoms with Crippen LogP contribution < -0.4 is 9.47 Å². The number of fused-ring (bicyclic) bond motifs is 1. The lowest BCUT2D eigenvalue weighted by Crippen LogP contribution is -2.22. The Morgan fingerprint density at radius 3 is 2.95 bits per heavy atom. The molecule has 0 saturated heterocycles. The molecule has 0 bridgehead atoms. The van der Waals surface area contributed by atoms with Gasteiger partial charge < -0.3 is 9.47 Å². The van der Waals surface area contributed by atoms with Crippen molar-refractivity contribution in [1.82, 2.24) is 0 Å². The maximum atomic E-state index is 13.5. The van der Waals surface area contributed by atoms with E-state index in [1.165, 1.54) is 23.3 Å². The van der Waals surface area contributed by atoms with Crippen molar-refractivity contribution in [2.45, 2.75) is 19.4 Å². The highest BCUT2D eigenvalue weighted by Gasteiger charge is 2.23. The third kappa shape index (κ3) is 2.82. The first-order chi connectivity index (χ1) is 10.2. The van der Waals surface area contributed by atoms with Crippen molar-refractivity contribution in [3.05, 3.63) is 58.9 Å². The van der Waals surface area contributed by atoms with Crippen LogP contribution in [0.5, 0.6) is 11.5 Å². The zero-order chi connectivity index (χ0) is 14.8. The molecule has 1 heterocycles. The minimum absolute atomic E-state index is 0.0161. The molecule has 106 valence electrons. The van der Waals surface area contributed by atoms with Crippen molar-refractivity contribution in [3.63, 3.8) is 0 Å². The number of benzene rings is 2. The summed E-state index contributed by atoms with van der Waals surface area (Å²) in [6.45, 7) is 2.39. The van der Waals surface area contributed by atoms with Crippen LogP contribution in [0.15, 0.2) is 36.4 Å². The van der Waals surface area contributed by atoms with E-state index < -0.39 is 5.82 Å². The smallest absolute Gasteiger partial charge is 0.144 e. The second-order valence-corrected chi connectivity index (χ2v) is 5.12. The van der Waals surface area contributed by atoms with Crippen LogP contribution in [0, 0.1) is 24.1 Å². The molecule has 21 heavy (non-hydrogen) atoms. The molecule has 0 aliphatic carbocycles. The van der Waals surface area contributed by atoms with E-state index in [2.05, 4.69) is 6.07 Å². The van der Waals surface area contributed by atoms with Crippen LogP contribution in [-0.4, -0.2) is 12.7 Å². The molecule has 0 aromatic heterocycles. The minimum Gasteiger partial charge on any atom is -0.490 e. The highest BCUT2D eigenvalue weighted by Crippen LogP contribution is 2.29. The van der Waals surface area contributed by atoms with Gasteiger partial charge in [-0.05, 0) is 30.7 Å². The zero-order valence-electron chi connectivity index (χ0n) is 11.6. The maximum Gasteiger partial charge on any atom is 0.144 e. The van der Waals surface area contributed by atoms with E-state index in [1.54, 1.807) is 12.1 Å². The van der Waals surface area contributed by atoms with Gasteiger partial charge in [0.1, 0.15) is 36.1 Å². The first kappa shape index (κ1) is 13.4. The lowest BCUT2D eigenvalue weighted by atomic mass is 10.1. The van der Waals surface area contributed by atoms with Gasteiger partial charge in [-0.2, -0.15) is 5.26 Å². The lowest BCUT2D eigenvalue weighted by Gasteiger charge is -2.12. The number of aryl methyl sites for hydroxylation is 1. The first-order valence-corrected chi connectivity index (χ1v) is 6.74. The Bertz CT molecular complexity index is 721. The molecule has 0 saturated carbocycles. The van der Waals surface area contributed by atoms with Gasteiger partial charge in [0.05, 0.1) is 5.56 Å². The number of halogens is 1. The summed E-state index contributed by atoms with van der Waals surface area (Å²) in [5, 5.41) is 8.68. The zero-order valence-corrected chi connectivity index (χ0v) is 11.6. The summed E-state index contributed by atoms with van der Waals surface area (Å²) in [5.41, 5.74) is 2.39. The largest absolute Gasteiger partial charge is 0.490 e. The van der Waals surface area contributed by atoms with Crippen LogP contribution in [0.1, 0.15) is 16.7 Å². The van der Waals surface area contributed by atoms with Crippen LogP contribution >= 0.6 is 0 Å². The Morgan fingerprint density at radius 1 is 1.33 bits per heavy atom. The summed E-state index contributed by atoms with van der Waals surface area (Å²) in [6.07, 6.45) is 0.718. The standard InChI is InChI=1S/C17H14FNO2/c1-11-2-5-17-13(6-11)7-15(21-17)10-20-14-4-3-12(9-19)16(18)8-14/h2-6,8,15H,7,10H2,1H3. The molecule has 0 fully saturated rings. The van der Waals surface area contributed by atoms with Gasteiger partial charge in [0.25, 0.3) is 0 Å². The molecule has 2 aromatic rings. The molecule has 1 aliphatic heterocycles. The van der Waals surface area contributed by atoms with E-state index in [1.807, 2.05) is 19.1 Å². The van der Waals surface area contributed by atoms with Gasteiger partial charge in [0, 0.05) is 12.5 Å². The monoisotopic (exact) mass is 283 g/mol. The summed E-state index contributed by atoms with van der Waals surface area (Å²) in [6, 6.07) is 12.1. The fraction of sp³-hybridized carbons (Fsp3) is 0.235. The SMILES string of the molecule is Cc1ccc2c(c1)CC(COc1ccc(C#N)c(F)c1)O2. The molecule has 1 atom stereocenters. The van der Waals surface area contributed by atoms with Crippen molar-refractivity contribution >= 4 is 0 Å². The van der Waals surface area contributed by atoms with Crippen molar-refractivity contribution in [2.75, 3.05) is 6.61 Å². The Morgan fingerprint density at radius 2 is 2.19 bits per heavy atom. The van der Waals surface area contributed by atoms with Crippen LogP contribution in [0.3, 0.4) is 0 Å². The number of rotatable bonds is 3. The quantitative estimate of drug-likeness (QED) is 0.867. The molecular weight excluding hydrogens is 269 g/mol. The summed E-state index contributed by atoms with van der Waals surface area (Å²) >= 11 is 0. The molecule has 1 unspecified atom stereocenters. The van der Waals surface area contributed by atoms with Gasteiger partial charge in [-0.25, -0.2) is 4.39 Å². The van der Waals surface area contributed by atoms with Gasteiger partial charge in [0.15, 0.2) is 0 Å². The van der Waals surface area contributed by atoms with E-state index in [4.69, 9.17) is 14.7 Å². The molecule has 0 spiro atoms. The van der Waals surface area contributed by atoms with Gasteiger partial charge in [-0.1, -0.05) is 17.7 Å². The van der Waals surface area contributed by atoms with Gasteiger partial charge >= 0.3 is 0 Å².